The van der Waals surface area contributed by atoms with Gasteiger partial charge in [0, 0.05) is 31.7 Å². The van der Waals surface area contributed by atoms with Crippen LogP contribution in [-0.2, 0) is 0 Å². The van der Waals surface area contributed by atoms with E-state index in [1.54, 1.807) is 0 Å². The molecule has 2 fully saturated rings. The van der Waals surface area contributed by atoms with Gasteiger partial charge in [-0.15, -0.1) is 0 Å². The summed E-state index contributed by atoms with van der Waals surface area (Å²) in [7, 11) is 0. The Morgan fingerprint density at radius 3 is 3.00 bits per heavy atom. The highest BCUT2D eigenvalue weighted by Gasteiger charge is 2.29. The van der Waals surface area contributed by atoms with Gasteiger partial charge in [0.05, 0.1) is 0 Å². The molecule has 0 spiro atoms. The Kier molecular flexibility index (Phi) is 5.93. The van der Waals surface area contributed by atoms with Crippen LogP contribution in [0.3, 0.4) is 0 Å². The Labute approximate surface area is 113 Å². The minimum absolute atomic E-state index is 0.692. The molecule has 3 heteroatoms. The summed E-state index contributed by atoms with van der Waals surface area (Å²) in [4.78, 5) is 5.39. The van der Waals surface area contributed by atoms with Gasteiger partial charge in [0.1, 0.15) is 0 Å². The molecule has 2 rings (SSSR count). The number of rotatable bonds is 7. The van der Waals surface area contributed by atoms with Gasteiger partial charge in [-0.2, -0.15) is 0 Å². The van der Waals surface area contributed by atoms with E-state index in [2.05, 4.69) is 29.0 Å². The average Bonchev–Trinajstić information content (AvgIpc) is 2.83. The van der Waals surface area contributed by atoms with Crippen molar-refractivity contribution in [1.82, 2.24) is 15.1 Å². The average molecular weight is 253 g/mol. The maximum absolute atomic E-state index is 3.58. The largest absolute Gasteiger partial charge is 0.314 e. The monoisotopic (exact) mass is 253 g/mol. The van der Waals surface area contributed by atoms with Crippen LogP contribution in [0, 0.1) is 0 Å². The molecule has 0 aliphatic carbocycles. The molecule has 0 aromatic rings. The maximum atomic E-state index is 3.58. The molecular weight excluding hydrogens is 222 g/mol. The van der Waals surface area contributed by atoms with Crippen molar-refractivity contribution in [3.63, 3.8) is 0 Å². The van der Waals surface area contributed by atoms with E-state index in [-0.39, 0.29) is 0 Å². The van der Waals surface area contributed by atoms with Crippen LogP contribution >= 0.6 is 0 Å². The van der Waals surface area contributed by atoms with Crippen LogP contribution in [0.2, 0.25) is 0 Å². The van der Waals surface area contributed by atoms with Crippen LogP contribution in [-0.4, -0.2) is 61.2 Å². The molecule has 0 bridgehead atoms. The SMILES string of the molecule is CCCNC(C)CCCN1CCN2CCCC2C1. The third kappa shape index (κ3) is 4.22. The predicted molar refractivity (Wildman–Crippen MR) is 78.0 cm³/mol. The number of hydrogen-bond donors (Lipinski definition) is 1. The molecule has 0 saturated carbocycles. The van der Waals surface area contributed by atoms with E-state index in [1.165, 1.54) is 71.4 Å². The minimum atomic E-state index is 0.692. The second kappa shape index (κ2) is 7.46. The molecule has 2 atom stereocenters. The van der Waals surface area contributed by atoms with Gasteiger partial charge in [-0.25, -0.2) is 0 Å². The molecule has 0 aromatic carbocycles. The van der Waals surface area contributed by atoms with Gasteiger partial charge in [-0.1, -0.05) is 6.92 Å². The van der Waals surface area contributed by atoms with Crippen molar-refractivity contribution in [3.05, 3.63) is 0 Å². The van der Waals surface area contributed by atoms with Crippen LogP contribution in [0.4, 0.5) is 0 Å². The van der Waals surface area contributed by atoms with Gasteiger partial charge in [0.25, 0.3) is 0 Å². The van der Waals surface area contributed by atoms with Crippen molar-refractivity contribution in [2.45, 2.75) is 58.0 Å². The Morgan fingerprint density at radius 2 is 2.17 bits per heavy atom. The van der Waals surface area contributed by atoms with Crippen LogP contribution in [0.5, 0.6) is 0 Å². The number of hydrogen-bond acceptors (Lipinski definition) is 3. The quantitative estimate of drug-likeness (QED) is 0.748. The second-order valence-electron chi connectivity index (χ2n) is 6.13. The van der Waals surface area contributed by atoms with Crippen molar-refractivity contribution >= 4 is 0 Å². The zero-order valence-electron chi connectivity index (χ0n) is 12.3. The number of nitrogens with zero attached hydrogens (tertiary/aromatic N) is 2. The smallest absolute Gasteiger partial charge is 0.0224 e. The fourth-order valence-electron chi connectivity index (χ4n) is 3.37. The van der Waals surface area contributed by atoms with Gasteiger partial charge >= 0.3 is 0 Å². The van der Waals surface area contributed by atoms with Gasteiger partial charge < -0.3 is 10.2 Å². The summed E-state index contributed by atoms with van der Waals surface area (Å²) < 4.78 is 0. The summed E-state index contributed by atoms with van der Waals surface area (Å²) in [6, 6.07) is 1.58. The van der Waals surface area contributed by atoms with Crippen LogP contribution in [0.25, 0.3) is 0 Å². The normalized spacial score (nSPS) is 27.3. The van der Waals surface area contributed by atoms with Gasteiger partial charge in [-0.3, -0.25) is 4.90 Å². The topological polar surface area (TPSA) is 18.5 Å². The third-order valence-corrected chi connectivity index (χ3v) is 4.53. The first kappa shape index (κ1) is 14.3. The fraction of sp³-hybridized carbons (Fsp3) is 1.00. The molecule has 2 unspecified atom stereocenters. The Hall–Kier alpha value is -0.120. The Morgan fingerprint density at radius 1 is 1.28 bits per heavy atom. The van der Waals surface area contributed by atoms with Crippen molar-refractivity contribution < 1.29 is 0 Å². The number of piperazine rings is 1. The van der Waals surface area contributed by atoms with E-state index in [1.807, 2.05) is 0 Å². The standard InChI is InChI=1S/C15H31N3/c1-3-8-16-14(2)6-4-9-17-11-12-18-10-5-7-15(18)13-17/h14-16H,3-13H2,1-2H3. The lowest BCUT2D eigenvalue weighted by Crippen LogP contribution is -2.50. The van der Waals surface area contributed by atoms with Crippen LogP contribution in [0.15, 0.2) is 0 Å². The summed E-state index contributed by atoms with van der Waals surface area (Å²) in [5.74, 6) is 0. The summed E-state index contributed by atoms with van der Waals surface area (Å²) in [6.45, 7) is 12.3. The lowest BCUT2D eigenvalue weighted by Gasteiger charge is -2.37. The van der Waals surface area contributed by atoms with E-state index in [9.17, 15) is 0 Å². The second-order valence-corrected chi connectivity index (χ2v) is 6.13. The zero-order chi connectivity index (χ0) is 12.8. The van der Waals surface area contributed by atoms with E-state index in [0.717, 1.165) is 6.04 Å². The predicted octanol–water partition coefficient (Wildman–Crippen LogP) is 1.93. The summed E-state index contributed by atoms with van der Waals surface area (Å²) in [5, 5.41) is 3.58. The van der Waals surface area contributed by atoms with Crippen molar-refractivity contribution in [1.29, 1.82) is 0 Å². The maximum Gasteiger partial charge on any atom is 0.0224 e. The summed E-state index contributed by atoms with van der Waals surface area (Å²) in [5.41, 5.74) is 0. The van der Waals surface area contributed by atoms with E-state index in [0.29, 0.717) is 6.04 Å². The first-order chi connectivity index (χ1) is 8.79. The van der Waals surface area contributed by atoms with Crippen molar-refractivity contribution in [2.75, 3.05) is 39.3 Å². The third-order valence-electron chi connectivity index (χ3n) is 4.53. The summed E-state index contributed by atoms with van der Waals surface area (Å²) in [6.07, 6.45) is 6.78. The summed E-state index contributed by atoms with van der Waals surface area (Å²) >= 11 is 0. The molecule has 18 heavy (non-hydrogen) atoms. The first-order valence-corrected chi connectivity index (χ1v) is 7.99. The molecule has 106 valence electrons. The van der Waals surface area contributed by atoms with Gasteiger partial charge in [-0.05, 0) is 58.7 Å². The molecule has 0 radical (unpaired) electrons. The molecule has 0 aromatic heterocycles. The lowest BCUT2D eigenvalue weighted by molar-refractivity contribution is 0.103. The van der Waals surface area contributed by atoms with Crippen LogP contribution < -0.4 is 5.32 Å². The minimum Gasteiger partial charge on any atom is -0.314 e. The molecule has 2 aliphatic heterocycles. The highest BCUT2D eigenvalue weighted by atomic mass is 15.3. The van der Waals surface area contributed by atoms with E-state index >= 15 is 0 Å². The van der Waals surface area contributed by atoms with Gasteiger partial charge in [0.2, 0.25) is 0 Å². The molecule has 2 heterocycles. The van der Waals surface area contributed by atoms with Crippen LogP contribution in [0.1, 0.15) is 46.0 Å². The molecule has 3 nitrogen and oxygen atoms in total. The van der Waals surface area contributed by atoms with Crippen molar-refractivity contribution in [3.8, 4) is 0 Å². The fourth-order valence-corrected chi connectivity index (χ4v) is 3.37. The molecule has 0 amide bonds. The highest BCUT2D eigenvalue weighted by molar-refractivity contribution is 4.86. The van der Waals surface area contributed by atoms with Gasteiger partial charge in [0.15, 0.2) is 0 Å². The lowest BCUT2D eigenvalue weighted by atomic mass is 10.1. The van der Waals surface area contributed by atoms with Crippen molar-refractivity contribution in [2.24, 2.45) is 0 Å². The Bertz CT molecular complexity index is 232. The Balaban J connectivity index is 1.56. The molecule has 2 saturated heterocycles. The van der Waals surface area contributed by atoms with E-state index in [4.69, 9.17) is 0 Å². The van der Waals surface area contributed by atoms with E-state index < -0.39 is 0 Å². The molecule has 2 aliphatic rings. The molecule has 1 N–H and O–H groups in total. The molecular formula is C15H31N3. The number of nitrogens with one attached hydrogen (secondary N) is 1. The zero-order valence-corrected chi connectivity index (χ0v) is 12.3. The number of fused-ring (bicyclic) bond motifs is 1. The highest BCUT2D eigenvalue weighted by Crippen LogP contribution is 2.21. The first-order valence-electron chi connectivity index (χ1n) is 7.99.